The molecule has 0 spiro atoms. The summed E-state index contributed by atoms with van der Waals surface area (Å²) in [6, 6.07) is 4.54. The van der Waals surface area contributed by atoms with Crippen molar-refractivity contribution in [3.8, 4) is 11.8 Å². The van der Waals surface area contributed by atoms with Crippen LogP contribution in [0.25, 0.3) is 10.9 Å². The van der Waals surface area contributed by atoms with Crippen LogP contribution in [0.4, 0.5) is 13.2 Å². The molecule has 3 rings (SSSR count). The highest BCUT2D eigenvalue weighted by Crippen LogP contribution is 2.34. The summed E-state index contributed by atoms with van der Waals surface area (Å²) < 4.78 is 45.2. The fourth-order valence-corrected chi connectivity index (χ4v) is 2.50. The number of aryl methyl sites for hydroxylation is 1. The molecule has 0 saturated carbocycles. The van der Waals surface area contributed by atoms with Gasteiger partial charge in [0.2, 0.25) is 5.82 Å². The number of alkyl halides is 3. The number of halogens is 4. The SMILES string of the molecule is CON=CCCc1nc(C(F)(F)F)nc2cccc(Oc3ncc(Cl)cn3)c12. The molecule has 11 heteroatoms. The van der Waals surface area contributed by atoms with Crippen LogP contribution in [0.2, 0.25) is 5.02 Å². The molecule has 3 aromatic rings. The molecule has 2 heterocycles. The molecule has 0 unspecified atom stereocenters. The Kier molecular flexibility index (Phi) is 5.88. The normalized spacial score (nSPS) is 11.9. The van der Waals surface area contributed by atoms with Crippen LogP contribution in [0.1, 0.15) is 17.9 Å². The third kappa shape index (κ3) is 4.63. The molecule has 7 nitrogen and oxygen atoms in total. The maximum absolute atomic E-state index is 13.2. The minimum atomic E-state index is -4.68. The zero-order chi connectivity index (χ0) is 20.1. The summed E-state index contributed by atoms with van der Waals surface area (Å²) in [5.74, 6) is -0.995. The number of oxime groups is 1. The van der Waals surface area contributed by atoms with Gasteiger partial charge in [-0.3, -0.25) is 0 Å². The lowest BCUT2D eigenvalue weighted by atomic mass is 10.1. The largest absolute Gasteiger partial charge is 0.451 e. The predicted octanol–water partition coefficient (Wildman–Crippen LogP) is 4.45. The van der Waals surface area contributed by atoms with E-state index in [1.54, 1.807) is 6.07 Å². The number of rotatable bonds is 6. The van der Waals surface area contributed by atoms with Gasteiger partial charge in [0.1, 0.15) is 12.9 Å². The first kappa shape index (κ1) is 19.7. The monoisotopic (exact) mass is 411 g/mol. The van der Waals surface area contributed by atoms with E-state index in [0.717, 1.165) is 0 Å². The lowest BCUT2D eigenvalue weighted by molar-refractivity contribution is -0.144. The van der Waals surface area contributed by atoms with Gasteiger partial charge in [0.15, 0.2) is 0 Å². The zero-order valence-corrected chi connectivity index (χ0v) is 15.2. The maximum atomic E-state index is 13.2. The van der Waals surface area contributed by atoms with Crippen LogP contribution in [0.5, 0.6) is 11.8 Å². The summed E-state index contributed by atoms with van der Waals surface area (Å²) in [4.78, 5) is 19.8. The quantitative estimate of drug-likeness (QED) is 0.440. The average Bonchev–Trinajstić information content (AvgIpc) is 2.66. The van der Waals surface area contributed by atoms with Crippen molar-refractivity contribution in [1.29, 1.82) is 0 Å². The lowest BCUT2D eigenvalue weighted by Gasteiger charge is -2.13. The molecule has 0 N–H and O–H groups in total. The maximum Gasteiger partial charge on any atom is 0.451 e. The van der Waals surface area contributed by atoms with Gasteiger partial charge >= 0.3 is 12.2 Å². The third-order valence-corrected chi connectivity index (χ3v) is 3.70. The Morgan fingerprint density at radius 2 is 1.93 bits per heavy atom. The first-order valence-corrected chi connectivity index (χ1v) is 8.33. The van der Waals surface area contributed by atoms with Crippen molar-refractivity contribution in [2.45, 2.75) is 19.0 Å². The summed E-state index contributed by atoms with van der Waals surface area (Å²) in [6.45, 7) is 0. The Morgan fingerprint density at radius 1 is 1.18 bits per heavy atom. The number of nitrogens with zero attached hydrogens (tertiary/aromatic N) is 5. The molecule has 0 aliphatic carbocycles. The molecular formula is C17H13ClF3N5O2. The number of aromatic nitrogens is 4. The first-order chi connectivity index (χ1) is 13.4. The van der Waals surface area contributed by atoms with E-state index < -0.39 is 12.0 Å². The Bertz CT molecular complexity index is 996. The van der Waals surface area contributed by atoms with E-state index in [-0.39, 0.29) is 29.4 Å². The van der Waals surface area contributed by atoms with Gasteiger partial charge in [-0.2, -0.15) is 13.2 Å². The highest BCUT2D eigenvalue weighted by Gasteiger charge is 2.35. The molecule has 2 aromatic heterocycles. The number of hydrogen-bond donors (Lipinski definition) is 0. The van der Waals surface area contributed by atoms with Gasteiger partial charge in [0.25, 0.3) is 0 Å². The third-order valence-electron chi connectivity index (χ3n) is 3.50. The van der Waals surface area contributed by atoms with Crippen molar-refractivity contribution in [1.82, 2.24) is 19.9 Å². The predicted molar refractivity (Wildman–Crippen MR) is 95.5 cm³/mol. The van der Waals surface area contributed by atoms with Gasteiger partial charge in [0, 0.05) is 6.21 Å². The number of ether oxygens (including phenoxy) is 1. The van der Waals surface area contributed by atoms with Crippen LogP contribution in [0.15, 0.2) is 35.7 Å². The smallest absolute Gasteiger partial charge is 0.424 e. The standard InChI is InChI=1S/C17H13ClF3N5O2/c1-27-24-7-3-5-12-14-11(25-15(26-12)17(19,20)21)4-2-6-13(14)28-16-22-8-10(18)9-23-16/h2,4,6-9H,3,5H2,1H3. The van der Waals surface area contributed by atoms with Crippen LogP contribution in [0.3, 0.4) is 0 Å². The van der Waals surface area contributed by atoms with Gasteiger partial charge < -0.3 is 9.57 Å². The zero-order valence-electron chi connectivity index (χ0n) is 14.4. The summed E-state index contributed by atoms with van der Waals surface area (Å²) in [6.07, 6.45) is -0.0860. The van der Waals surface area contributed by atoms with Crippen molar-refractivity contribution >= 4 is 28.7 Å². The van der Waals surface area contributed by atoms with Crippen molar-refractivity contribution in [3.63, 3.8) is 0 Å². The molecule has 1 aromatic carbocycles. The molecule has 0 saturated heterocycles. The molecule has 146 valence electrons. The van der Waals surface area contributed by atoms with E-state index >= 15 is 0 Å². The first-order valence-electron chi connectivity index (χ1n) is 7.95. The van der Waals surface area contributed by atoms with E-state index in [4.69, 9.17) is 16.3 Å². The van der Waals surface area contributed by atoms with Crippen LogP contribution in [0, 0.1) is 0 Å². The molecule has 0 atom stereocenters. The molecule has 0 amide bonds. The highest BCUT2D eigenvalue weighted by molar-refractivity contribution is 6.30. The average molecular weight is 412 g/mol. The van der Waals surface area contributed by atoms with Crippen molar-refractivity contribution in [3.05, 3.63) is 47.1 Å². The fourth-order valence-electron chi connectivity index (χ4n) is 2.40. The Morgan fingerprint density at radius 3 is 2.61 bits per heavy atom. The van der Waals surface area contributed by atoms with E-state index in [1.165, 1.54) is 37.9 Å². The Balaban J connectivity index is 2.08. The highest BCUT2D eigenvalue weighted by atomic mass is 35.5. The van der Waals surface area contributed by atoms with Crippen LogP contribution in [-0.2, 0) is 17.4 Å². The summed E-state index contributed by atoms with van der Waals surface area (Å²) in [5.41, 5.74) is 0.247. The van der Waals surface area contributed by atoms with E-state index in [1.807, 2.05) is 0 Å². The molecule has 28 heavy (non-hydrogen) atoms. The summed E-state index contributed by atoms with van der Waals surface area (Å²) >= 11 is 5.75. The van der Waals surface area contributed by atoms with Gasteiger partial charge in [0.05, 0.1) is 34.0 Å². The summed E-state index contributed by atoms with van der Waals surface area (Å²) in [5, 5.41) is 4.24. The van der Waals surface area contributed by atoms with Crippen molar-refractivity contribution in [2.75, 3.05) is 7.11 Å². The summed E-state index contributed by atoms with van der Waals surface area (Å²) in [7, 11) is 1.37. The second-order valence-electron chi connectivity index (χ2n) is 5.44. The fraction of sp³-hybridized carbons (Fsp3) is 0.235. The molecular weight excluding hydrogens is 399 g/mol. The van der Waals surface area contributed by atoms with Crippen molar-refractivity contribution in [2.24, 2.45) is 5.16 Å². The van der Waals surface area contributed by atoms with E-state index in [0.29, 0.717) is 16.8 Å². The van der Waals surface area contributed by atoms with Crippen LogP contribution < -0.4 is 4.74 Å². The van der Waals surface area contributed by atoms with Gasteiger partial charge in [-0.15, -0.1) is 0 Å². The van der Waals surface area contributed by atoms with Gasteiger partial charge in [-0.05, 0) is 25.0 Å². The Labute approximate surface area is 162 Å². The molecule has 0 aliphatic rings. The van der Waals surface area contributed by atoms with Crippen LogP contribution in [-0.4, -0.2) is 33.3 Å². The molecule has 0 fully saturated rings. The second-order valence-corrected chi connectivity index (χ2v) is 5.87. The lowest BCUT2D eigenvalue weighted by Crippen LogP contribution is -2.13. The molecule has 0 aliphatic heterocycles. The van der Waals surface area contributed by atoms with Gasteiger partial charge in [-0.25, -0.2) is 19.9 Å². The minimum Gasteiger partial charge on any atom is -0.424 e. The van der Waals surface area contributed by atoms with Crippen LogP contribution >= 0.6 is 11.6 Å². The Hall–Kier alpha value is -3.01. The molecule has 0 bridgehead atoms. The molecule has 0 radical (unpaired) electrons. The van der Waals surface area contributed by atoms with Crippen molar-refractivity contribution < 1.29 is 22.7 Å². The van der Waals surface area contributed by atoms with E-state index in [9.17, 15) is 13.2 Å². The number of benzene rings is 1. The topological polar surface area (TPSA) is 82.4 Å². The second kappa shape index (κ2) is 8.34. The van der Waals surface area contributed by atoms with E-state index in [2.05, 4.69) is 29.9 Å². The van der Waals surface area contributed by atoms with Gasteiger partial charge in [-0.1, -0.05) is 22.8 Å². The minimum absolute atomic E-state index is 0.0105. The number of hydrogen-bond acceptors (Lipinski definition) is 7. The number of fused-ring (bicyclic) bond motifs is 1.